The van der Waals surface area contributed by atoms with Crippen LogP contribution >= 0.6 is 0 Å². The maximum Gasteiger partial charge on any atom is 0.241 e. The van der Waals surface area contributed by atoms with E-state index in [9.17, 15) is 9.18 Å². The van der Waals surface area contributed by atoms with Gasteiger partial charge < -0.3 is 9.64 Å². The number of carbonyl (C=O) groups is 1. The summed E-state index contributed by atoms with van der Waals surface area (Å²) in [6, 6.07) is 14.0. The van der Waals surface area contributed by atoms with Gasteiger partial charge in [0.05, 0.1) is 13.7 Å². The predicted octanol–water partition coefficient (Wildman–Crippen LogP) is 3.07. The van der Waals surface area contributed by atoms with Crippen molar-refractivity contribution in [2.45, 2.75) is 19.5 Å². The molecule has 24 heavy (non-hydrogen) atoms. The molecule has 1 unspecified atom stereocenters. The minimum absolute atomic E-state index is 0.0544. The van der Waals surface area contributed by atoms with Crippen molar-refractivity contribution in [3.8, 4) is 5.75 Å². The van der Waals surface area contributed by atoms with Gasteiger partial charge in [0.1, 0.15) is 11.6 Å². The highest BCUT2D eigenvalue weighted by Gasteiger charge is 2.30. The van der Waals surface area contributed by atoms with Crippen LogP contribution in [0.15, 0.2) is 48.5 Å². The third-order valence-electron chi connectivity index (χ3n) is 4.24. The van der Waals surface area contributed by atoms with Gasteiger partial charge in [0.2, 0.25) is 5.91 Å². The zero-order valence-corrected chi connectivity index (χ0v) is 13.9. The van der Waals surface area contributed by atoms with Crippen molar-refractivity contribution in [3.05, 3.63) is 59.9 Å². The summed E-state index contributed by atoms with van der Waals surface area (Å²) in [7, 11) is 1.62. The normalized spacial score (nSPS) is 18.7. The van der Waals surface area contributed by atoms with Crippen molar-refractivity contribution < 1.29 is 13.9 Å². The highest BCUT2D eigenvalue weighted by Crippen LogP contribution is 2.26. The molecule has 1 aliphatic rings. The van der Waals surface area contributed by atoms with E-state index in [1.807, 2.05) is 36.1 Å². The lowest BCUT2D eigenvalue weighted by Gasteiger charge is -2.39. The minimum Gasteiger partial charge on any atom is -0.497 e. The van der Waals surface area contributed by atoms with E-state index in [1.54, 1.807) is 19.2 Å². The van der Waals surface area contributed by atoms with E-state index in [0.29, 0.717) is 13.1 Å². The fourth-order valence-corrected chi connectivity index (χ4v) is 3.16. The zero-order valence-electron chi connectivity index (χ0n) is 13.9. The number of anilines is 1. The summed E-state index contributed by atoms with van der Waals surface area (Å²) in [6.07, 6.45) is 0. The van der Waals surface area contributed by atoms with E-state index in [-0.39, 0.29) is 17.8 Å². The molecule has 0 radical (unpaired) electrons. The smallest absolute Gasteiger partial charge is 0.241 e. The van der Waals surface area contributed by atoms with Crippen LogP contribution in [0.1, 0.15) is 12.5 Å². The molecule has 2 aromatic carbocycles. The van der Waals surface area contributed by atoms with E-state index >= 15 is 0 Å². The number of piperazine rings is 1. The number of halogens is 1. The second-order valence-corrected chi connectivity index (χ2v) is 6.11. The van der Waals surface area contributed by atoms with Crippen molar-refractivity contribution in [2.24, 2.45) is 0 Å². The van der Waals surface area contributed by atoms with Crippen molar-refractivity contribution in [1.82, 2.24) is 4.90 Å². The molecule has 1 heterocycles. The predicted molar refractivity (Wildman–Crippen MR) is 91.6 cm³/mol. The number of rotatable bonds is 4. The van der Waals surface area contributed by atoms with E-state index in [2.05, 4.69) is 4.90 Å². The average molecular weight is 328 g/mol. The van der Waals surface area contributed by atoms with Gasteiger partial charge in [-0.3, -0.25) is 9.69 Å². The number of amides is 1. The van der Waals surface area contributed by atoms with Crippen LogP contribution in [0.25, 0.3) is 0 Å². The second kappa shape index (κ2) is 7.01. The third kappa shape index (κ3) is 3.57. The molecule has 1 aliphatic heterocycles. The van der Waals surface area contributed by atoms with Crippen LogP contribution < -0.4 is 9.64 Å². The molecule has 1 amide bonds. The summed E-state index contributed by atoms with van der Waals surface area (Å²) in [5, 5.41) is 0. The van der Waals surface area contributed by atoms with Crippen molar-refractivity contribution in [2.75, 3.05) is 25.1 Å². The number of hydrogen-bond donors (Lipinski definition) is 0. The van der Waals surface area contributed by atoms with E-state index in [0.717, 1.165) is 23.5 Å². The molecule has 0 saturated carbocycles. The lowest BCUT2D eigenvalue weighted by molar-refractivity contribution is -0.122. The van der Waals surface area contributed by atoms with Gasteiger partial charge in [0.25, 0.3) is 0 Å². The summed E-state index contributed by atoms with van der Waals surface area (Å²) in [5.41, 5.74) is 1.86. The Morgan fingerprint density at radius 1 is 1.21 bits per heavy atom. The van der Waals surface area contributed by atoms with Gasteiger partial charge in [-0.15, -0.1) is 0 Å². The van der Waals surface area contributed by atoms with Crippen molar-refractivity contribution in [1.29, 1.82) is 0 Å². The van der Waals surface area contributed by atoms with Gasteiger partial charge in [-0.2, -0.15) is 0 Å². The van der Waals surface area contributed by atoms with Crippen LogP contribution in [-0.2, 0) is 11.3 Å². The molecular formula is C19H21FN2O2. The Kier molecular flexibility index (Phi) is 4.81. The number of benzene rings is 2. The number of ether oxygens (including phenoxy) is 1. The number of nitrogens with zero attached hydrogens (tertiary/aromatic N) is 2. The molecule has 2 aromatic rings. The SMILES string of the molecule is COc1cccc(N2C(=O)CN(Cc3ccc(F)cc3)CC2C)c1. The third-order valence-corrected chi connectivity index (χ3v) is 4.24. The number of methoxy groups -OCH3 is 1. The Balaban J connectivity index is 1.72. The minimum atomic E-state index is -0.244. The fraction of sp³-hybridized carbons (Fsp3) is 0.316. The van der Waals surface area contributed by atoms with Gasteiger partial charge in [-0.1, -0.05) is 18.2 Å². The van der Waals surface area contributed by atoms with Crippen LogP contribution in [0.3, 0.4) is 0 Å². The number of carbonyl (C=O) groups excluding carboxylic acids is 1. The largest absolute Gasteiger partial charge is 0.497 e. The Morgan fingerprint density at radius 2 is 1.96 bits per heavy atom. The molecule has 5 heteroatoms. The van der Waals surface area contributed by atoms with Crippen molar-refractivity contribution in [3.63, 3.8) is 0 Å². The maximum absolute atomic E-state index is 13.0. The fourth-order valence-electron chi connectivity index (χ4n) is 3.16. The van der Waals surface area contributed by atoms with Crippen LogP contribution in [0, 0.1) is 5.82 Å². The summed E-state index contributed by atoms with van der Waals surface area (Å²) in [5.74, 6) is 0.552. The summed E-state index contributed by atoms with van der Waals surface area (Å²) >= 11 is 0. The topological polar surface area (TPSA) is 32.8 Å². The standard InChI is InChI=1S/C19H21FN2O2/c1-14-11-21(12-15-6-8-16(20)9-7-15)13-19(23)22(14)17-4-3-5-18(10-17)24-2/h3-10,14H,11-13H2,1-2H3. The molecular weight excluding hydrogens is 307 g/mol. The first-order chi connectivity index (χ1) is 11.6. The second-order valence-electron chi connectivity index (χ2n) is 6.11. The molecule has 0 aliphatic carbocycles. The molecule has 1 saturated heterocycles. The Hall–Kier alpha value is -2.40. The van der Waals surface area contributed by atoms with Crippen LogP contribution in [0.2, 0.25) is 0 Å². The average Bonchev–Trinajstić information content (AvgIpc) is 2.56. The number of hydrogen-bond acceptors (Lipinski definition) is 3. The molecule has 126 valence electrons. The van der Waals surface area contributed by atoms with Gasteiger partial charge >= 0.3 is 0 Å². The molecule has 4 nitrogen and oxygen atoms in total. The Labute approximate surface area is 141 Å². The first-order valence-electron chi connectivity index (χ1n) is 8.00. The van der Waals surface area contributed by atoms with Gasteiger partial charge in [0, 0.05) is 30.9 Å². The van der Waals surface area contributed by atoms with E-state index < -0.39 is 0 Å². The highest BCUT2D eigenvalue weighted by molar-refractivity contribution is 5.96. The molecule has 0 aromatic heterocycles. The van der Waals surface area contributed by atoms with E-state index in [4.69, 9.17) is 4.74 Å². The van der Waals surface area contributed by atoms with Crippen LogP contribution in [0.4, 0.5) is 10.1 Å². The van der Waals surface area contributed by atoms with Crippen LogP contribution in [-0.4, -0.2) is 37.0 Å². The monoisotopic (exact) mass is 328 g/mol. The summed E-state index contributed by atoms with van der Waals surface area (Å²) in [4.78, 5) is 16.6. The summed E-state index contributed by atoms with van der Waals surface area (Å²) in [6.45, 7) is 3.79. The molecule has 0 N–H and O–H groups in total. The van der Waals surface area contributed by atoms with Crippen LogP contribution in [0.5, 0.6) is 5.75 Å². The van der Waals surface area contributed by atoms with Gasteiger partial charge in [0.15, 0.2) is 0 Å². The first-order valence-corrected chi connectivity index (χ1v) is 8.00. The molecule has 0 bridgehead atoms. The maximum atomic E-state index is 13.0. The van der Waals surface area contributed by atoms with Gasteiger partial charge in [-0.05, 0) is 36.8 Å². The summed E-state index contributed by atoms with van der Waals surface area (Å²) < 4.78 is 18.3. The zero-order chi connectivity index (χ0) is 17.1. The molecule has 1 fully saturated rings. The Bertz CT molecular complexity index is 718. The van der Waals surface area contributed by atoms with Gasteiger partial charge in [-0.25, -0.2) is 4.39 Å². The molecule has 0 spiro atoms. The van der Waals surface area contributed by atoms with Crippen molar-refractivity contribution >= 4 is 11.6 Å². The Morgan fingerprint density at radius 3 is 2.62 bits per heavy atom. The first kappa shape index (κ1) is 16.5. The lowest BCUT2D eigenvalue weighted by atomic mass is 10.1. The highest BCUT2D eigenvalue weighted by atomic mass is 19.1. The lowest BCUT2D eigenvalue weighted by Crippen LogP contribution is -2.55. The molecule has 1 atom stereocenters. The quantitative estimate of drug-likeness (QED) is 0.865. The van der Waals surface area contributed by atoms with E-state index in [1.165, 1.54) is 12.1 Å². The molecule has 3 rings (SSSR count).